The molecule has 3 heterocycles. The third-order valence-electron chi connectivity index (χ3n) is 6.39. The zero-order valence-electron chi connectivity index (χ0n) is 17.0. The van der Waals surface area contributed by atoms with Crippen molar-refractivity contribution in [2.75, 3.05) is 6.54 Å². The molecule has 2 aromatic carbocycles. The number of hydrogen-bond donors (Lipinski definition) is 2. The fraction of sp³-hybridized carbons (Fsp3) is 0.375. The predicted molar refractivity (Wildman–Crippen MR) is 117 cm³/mol. The van der Waals surface area contributed by atoms with Gasteiger partial charge >= 0.3 is 5.97 Å². The molecule has 5 rings (SSSR count). The van der Waals surface area contributed by atoms with E-state index in [-0.39, 0.29) is 11.1 Å². The van der Waals surface area contributed by atoms with Crippen molar-refractivity contribution in [1.29, 1.82) is 0 Å². The molecule has 2 unspecified atom stereocenters. The summed E-state index contributed by atoms with van der Waals surface area (Å²) >= 11 is 6.00. The van der Waals surface area contributed by atoms with Crippen LogP contribution < -0.4 is 5.32 Å². The molecule has 2 N–H and O–H groups in total. The number of halogens is 2. The van der Waals surface area contributed by atoms with Crippen LogP contribution in [0, 0.1) is 5.82 Å². The number of carboxylic acid groups (broad SMARTS) is 1. The summed E-state index contributed by atoms with van der Waals surface area (Å²) in [6.07, 6.45) is 2.22. The summed E-state index contributed by atoms with van der Waals surface area (Å²) in [5.74, 6) is -1.30. The molecule has 2 aliphatic rings. The van der Waals surface area contributed by atoms with Crippen molar-refractivity contribution < 1.29 is 19.0 Å². The highest BCUT2D eigenvalue weighted by atomic mass is 35.5. The lowest BCUT2D eigenvalue weighted by molar-refractivity contribution is -0.159. The number of nitrogens with one attached hydrogen (secondary N) is 1. The second-order valence-corrected chi connectivity index (χ2v) is 8.75. The number of nitrogens with zero attached hydrogens (tertiary/aromatic N) is 1. The second kappa shape index (κ2) is 8.26. The van der Waals surface area contributed by atoms with Crippen LogP contribution in [0.3, 0.4) is 0 Å². The summed E-state index contributed by atoms with van der Waals surface area (Å²) in [6.45, 7) is 2.29. The third-order valence-corrected chi connectivity index (χ3v) is 6.68. The molecule has 7 heteroatoms. The fourth-order valence-corrected chi connectivity index (χ4v) is 5.05. The minimum absolute atomic E-state index is 0.130. The summed E-state index contributed by atoms with van der Waals surface area (Å²) in [7, 11) is 0. The molecule has 1 fully saturated rings. The van der Waals surface area contributed by atoms with E-state index in [2.05, 4.69) is 22.0 Å². The monoisotopic (exact) mass is 442 g/mol. The quantitative estimate of drug-likeness (QED) is 0.608. The lowest BCUT2D eigenvalue weighted by Gasteiger charge is -2.28. The molecule has 3 aromatic rings. The van der Waals surface area contributed by atoms with Crippen molar-refractivity contribution in [1.82, 2.24) is 9.88 Å². The van der Waals surface area contributed by atoms with E-state index in [4.69, 9.17) is 16.3 Å². The number of aromatic nitrogens is 1. The Morgan fingerprint density at radius 2 is 2.13 bits per heavy atom. The van der Waals surface area contributed by atoms with E-state index in [1.165, 1.54) is 22.7 Å². The highest BCUT2D eigenvalue weighted by Gasteiger charge is 2.29. The van der Waals surface area contributed by atoms with Gasteiger partial charge in [-0.05, 0) is 73.2 Å². The van der Waals surface area contributed by atoms with Gasteiger partial charge in [0.2, 0.25) is 0 Å². The predicted octanol–water partition coefficient (Wildman–Crippen LogP) is 4.82. The standard InChI is InChI=1S/C24H24ClFN2O3/c25-18-10-14(4-6-19(18)26)13-28-20-7-5-15(22-2-1-3-23(31-22)24(29)30)11-17(20)16-8-9-27-12-21(16)28/h4-7,10-11,22-23,27H,1-3,8-9,12-13H2,(H,29,30). The lowest BCUT2D eigenvalue weighted by atomic mass is 9.96. The molecule has 0 aliphatic carbocycles. The van der Waals surface area contributed by atoms with Crippen LogP contribution in [0.2, 0.25) is 5.02 Å². The summed E-state index contributed by atoms with van der Waals surface area (Å²) in [5, 5.41) is 14.1. The molecule has 2 aliphatic heterocycles. The summed E-state index contributed by atoms with van der Waals surface area (Å²) < 4.78 is 21.8. The third kappa shape index (κ3) is 3.84. The van der Waals surface area contributed by atoms with E-state index >= 15 is 0 Å². The highest BCUT2D eigenvalue weighted by molar-refractivity contribution is 6.30. The zero-order valence-corrected chi connectivity index (χ0v) is 17.8. The smallest absolute Gasteiger partial charge is 0.332 e. The highest BCUT2D eigenvalue weighted by Crippen LogP contribution is 2.36. The summed E-state index contributed by atoms with van der Waals surface area (Å²) in [4.78, 5) is 11.4. The Hall–Kier alpha value is -2.41. The minimum Gasteiger partial charge on any atom is -0.479 e. The Morgan fingerprint density at radius 1 is 1.26 bits per heavy atom. The van der Waals surface area contributed by atoms with E-state index in [0.29, 0.717) is 13.0 Å². The average molecular weight is 443 g/mol. The van der Waals surface area contributed by atoms with Crippen LogP contribution in [0.5, 0.6) is 0 Å². The fourth-order valence-electron chi connectivity index (χ4n) is 4.85. The first-order valence-corrected chi connectivity index (χ1v) is 11.1. The van der Waals surface area contributed by atoms with Gasteiger partial charge in [-0.2, -0.15) is 0 Å². The average Bonchev–Trinajstić information content (AvgIpc) is 3.09. The largest absolute Gasteiger partial charge is 0.479 e. The molecule has 0 spiro atoms. The van der Waals surface area contributed by atoms with Crippen LogP contribution in [0.15, 0.2) is 36.4 Å². The van der Waals surface area contributed by atoms with Crippen molar-refractivity contribution in [2.24, 2.45) is 0 Å². The molecule has 1 saturated heterocycles. The molecular weight excluding hydrogens is 419 g/mol. The maximum atomic E-state index is 13.6. The van der Waals surface area contributed by atoms with Gasteiger partial charge in [0.25, 0.3) is 0 Å². The van der Waals surface area contributed by atoms with Gasteiger partial charge in [0.15, 0.2) is 6.10 Å². The minimum atomic E-state index is -0.890. The van der Waals surface area contributed by atoms with Crippen molar-refractivity contribution in [2.45, 2.75) is 51.0 Å². The Labute approximate surface area is 184 Å². The number of hydrogen-bond acceptors (Lipinski definition) is 3. The molecular formula is C24H24ClFN2O3. The molecule has 0 bridgehead atoms. The maximum Gasteiger partial charge on any atom is 0.332 e. The number of carbonyl (C=O) groups is 1. The van der Waals surface area contributed by atoms with Crippen LogP contribution in [-0.4, -0.2) is 28.3 Å². The van der Waals surface area contributed by atoms with Gasteiger partial charge in [0.05, 0.1) is 11.1 Å². The SMILES string of the molecule is O=C(O)C1CCCC(c2ccc3c(c2)c2c(n3Cc3ccc(F)c(Cl)c3)CNCC2)O1. The van der Waals surface area contributed by atoms with Gasteiger partial charge in [-0.3, -0.25) is 0 Å². The van der Waals surface area contributed by atoms with Crippen molar-refractivity contribution >= 4 is 28.5 Å². The maximum absolute atomic E-state index is 13.6. The van der Waals surface area contributed by atoms with Crippen molar-refractivity contribution in [3.8, 4) is 0 Å². The first-order valence-electron chi connectivity index (χ1n) is 10.7. The van der Waals surface area contributed by atoms with E-state index in [1.54, 1.807) is 12.1 Å². The van der Waals surface area contributed by atoms with Crippen LogP contribution >= 0.6 is 11.6 Å². The van der Waals surface area contributed by atoms with Crippen LogP contribution in [0.25, 0.3) is 10.9 Å². The molecule has 5 nitrogen and oxygen atoms in total. The van der Waals surface area contributed by atoms with E-state index < -0.39 is 17.9 Å². The Bertz CT molecular complexity index is 1160. The number of benzene rings is 2. The van der Waals surface area contributed by atoms with E-state index in [0.717, 1.165) is 49.0 Å². The molecule has 0 saturated carbocycles. The lowest BCUT2D eigenvalue weighted by Crippen LogP contribution is -2.29. The van der Waals surface area contributed by atoms with Gasteiger partial charge in [0, 0.05) is 29.7 Å². The summed E-state index contributed by atoms with van der Waals surface area (Å²) in [6, 6.07) is 11.2. The first kappa shape index (κ1) is 20.5. The number of rotatable bonds is 4. The first-order chi connectivity index (χ1) is 15.0. The zero-order chi connectivity index (χ0) is 21.5. The molecule has 2 atom stereocenters. The van der Waals surface area contributed by atoms with E-state index in [9.17, 15) is 14.3 Å². The van der Waals surface area contributed by atoms with Crippen LogP contribution in [0.1, 0.15) is 47.8 Å². The van der Waals surface area contributed by atoms with Crippen molar-refractivity contribution in [3.63, 3.8) is 0 Å². The van der Waals surface area contributed by atoms with Gasteiger partial charge < -0.3 is 19.7 Å². The van der Waals surface area contributed by atoms with Crippen molar-refractivity contribution in [3.05, 3.63) is 69.6 Å². The number of fused-ring (bicyclic) bond motifs is 3. The molecule has 0 amide bonds. The Morgan fingerprint density at radius 3 is 2.94 bits per heavy atom. The summed E-state index contributed by atoms with van der Waals surface area (Å²) in [5.41, 5.74) is 5.63. The topological polar surface area (TPSA) is 63.5 Å². The number of carboxylic acids is 1. The normalized spacial score (nSPS) is 21.2. The van der Waals surface area contributed by atoms with Gasteiger partial charge in [-0.1, -0.05) is 23.7 Å². The number of ether oxygens (including phenoxy) is 1. The van der Waals surface area contributed by atoms with Crippen LogP contribution in [0.4, 0.5) is 4.39 Å². The Balaban J connectivity index is 1.54. The molecule has 0 radical (unpaired) electrons. The van der Waals surface area contributed by atoms with Crippen LogP contribution in [-0.2, 0) is 29.0 Å². The van der Waals surface area contributed by atoms with Gasteiger partial charge in [0.1, 0.15) is 5.82 Å². The van der Waals surface area contributed by atoms with Gasteiger partial charge in [-0.25, -0.2) is 9.18 Å². The van der Waals surface area contributed by atoms with Gasteiger partial charge in [-0.15, -0.1) is 0 Å². The molecule has 162 valence electrons. The second-order valence-electron chi connectivity index (χ2n) is 8.35. The molecule has 31 heavy (non-hydrogen) atoms. The Kier molecular flexibility index (Phi) is 5.46. The van der Waals surface area contributed by atoms with E-state index in [1.807, 2.05) is 6.07 Å². The molecule has 1 aromatic heterocycles. The number of aliphatic carboxylic acids is 1.